The highest BCUT2D eigenvalue weighted by Crippen LogP contribution is 2.20. The minimum atomic E-state index is 0.877. The van der Waals surface area contributed by atoms with E-state index >= 15 is 0 Å². The van der Waals surface area contributed by atoms with Crippen LogP contribution in [0.15, 0.2) is 95.1 Å². The van der Waals surface area contributed by atoms with Crippen LogP contribution in [0.3, 0.4) is 0 Å². The second-order valence-corrected chi connectivity index (χ2v) is 7.06. The zero-order valence-electron chi connectivity index (χ0n) is 16.0. The van der Waals surface area contributed by atoms with Crippen molar-refractivity contribution < 1.29 is 0 Å². The van der Waals surface area contributed by atoms with E-state index in [1.165, 1.54) is 24.9 Å². The lowest BCUT2D eigenvalue weighted by Crippen LogP contribution is -2.29. The van der Waals surface area contributed by atoms with Gasteiger partial charge < -0.3 is 4.90 Å². The Bertz CT molecular complexity index is 881. The zero-order chi connectivity index (χ0) is 19.0. The summed E-state index contributed by atoms with van der Waals surface area (Å²) in [6.07, 6.45) is 5.76. The smallest absolute Gasteiger partial charge is 0.100 e. The van der Waals surface area contributed by atoms with Gasteiger partial charge in [0.2, 0.25) is 0 Å². The van der Waals surface area contributed by atoms with Crippen LogP contribution in [0, 0.1) is 0 Å². The molecular weight excluding hydrogens is 342 g/mol. The van der Waals surface area contributed by atoms with Crippen molar-refractivity contribution in [2.24, 2.45) is 10.2 Å². The quantitative estimate of drug-likeness (QED) is 0.429. The monoisotopic (exact) mass is 367 g/mol. The molecule has 0 radical (unpaired) electrons. The molecule has 0 bridgehead atoms. The van der Waals surface area contributed by atoms with Crippen molar-refractivity contribution in [3.63, 3.8) is 0 Å². The highest BCUT2D eigenvalue weighted by atomic mass is 15.2. The fourth-order valence-corrected chi connectivity index (χ4v) is 3.55. The molecule has 0 spiro atoms. The second-order valence-electron chi connectivity index (χ2n) is 7.06. The van der Waals surface area contributed by atoms with E-state index < -0.39 is 0 Å². The summed E-state index contributed by atoms with van der Waals surface area (Å²) in [4.78, 5) is 2.46. The van der Waals surface area contributed by atoms with Crippen LogP contribution in [0.4, 0.5) is 5.69 Å². The first-order valence-electron chi connectivity index (χ1n) is 9.97. The maximum absolute atomic E-state index is 4.55. The SMILES string of the molecule is C(=N/N=C(c1ccccc1)c1ccccc1)/c1ccc(N2CCCCC2)cc1. The molecule has 0 aliphatic carbocycles. The number of hydrogen-bond acceptors (Lipinski definition) is 3. The maximum Gasteiger partial charge on any atom is 0.100 e. The molecule has 0 aromatic heterocycles. The minimum Gasteiger partial charge on any atom is -0.372 e. The standard InChI is InChI=1S/C25H25N3/c1-4-10-22(11-5-1)25(23-12-6-2-7-13-23)27-26-20-21-14-16-24(17-15-21)28-18-8-3-9-19-28/h1-2,4-7,10-17,20H,3,8-9,18-19H2/b26-20-. The van der Waals surface area contributed by atoms with E-state index in [0.29, 0.717) is 0 Å². The molecular formula is C25H25N3. The average Bonchev–Trinajstić information content (AvgIpc) is 2.79. The summed E-state index contributed by atoms with van der Waals surface area (Å²) in [6.45, 7) is 2.32. The summed E-state index contributed by atoms with van der Waals surface area (Å²) < 4.78 is 0. The molecule has 140 valence electrons. The number of hydrogen-bond donors (Lipinski definition) is 0. The average molecular weight is 367 g/mol. The minimum absolute atomic E-state index is 0.877. The van der Waals surface area contributed by atoms with E-state index in [4.69, 9.17) is 0 Å². The number of nitrogens with zero attached hydrogens (tertiary/aromatic N) is 3. The fraction of sp³-hybridized carbons (Fsp3) is 0.200. The van der Waals surface area contributed by atoms with Gasteiger partial charge in [0.05, 0.1) is 6.21 Å². The number of piperidine rings is 1. The molecule has 1 aliphatic heterocycles. The molecule has 3 aromatic carbocycles. The molecule has 1 fully saturated rings. The van der Waals surface area contributed by atoms with E-state index in [-0.39, 0.29) is 0 Å². The molecule has 0 saturated carbocycles. The van der Waals surface area contributed by atoms with E-state index in [1.807, 2.05) is 42.6 Å². The van der Waals surface area contributed by atoms with Crippen LogP contribution in [0.5, 0.6) is 0 Å². The van der Waals surface area contributed by atoms with Crippen LogP contribution in [0.2, 0.25) is 0 Å². The summed E-state index contributed by atoms with van der Waals surface area (Å²) in [5.41, 5.74) is 5.36. The van der Waals surface area contributed by atoms with E-state index in [2.05, 4.69) is 63.6 Å². The number of rotatable bonds is 5. The van der Waals surface area contributed by atoms with Crippen molar-refractivity contribution in [3.05, 3.63) is 102 Å². The lowest BCUT2D eigenvalue weighted by atomic mass is 10.0. The molecule has 0 amide bonds. The van der Waals surface area contributed by atoms with Gasteiger partial charge in [0.15, 0.2) is 0 Å². The van der Waals surface area contributed by atoms with Gasteiger partial charge in [-0.1, -0.05) is 72.8 Å². The molecule has 0 unspecified atom stereocenters. The van der Waals surface area contributed by atoms with Crippen LogP contribution in [-0.2, 0) is 0 Å². The molecule has 1 saturated heterocycles. The second kappa shape index (κ2) is 9.14. The molecule has 28 heavy (non-hydrogen) atoms. The van der Waals surface area contributed by atoms with Crippen LogP contribution in [0.25, 0.3) is 0 Å². The zero-order valence-corrected chi connectivity index (χ0v) is 16.0. The molecule has 0 N–H and O–H groups in total. The third-order valence-corrected chi connectivity index (χ3v) is 5.07. The molecule has 4 rings (SSSR count). The Hall–Kier alpha value is -3.20. The lowest BCUT2D eigenvalue weighted by molar-refractivity contribution is 0.578. The van der Waals surface area contributed by atoms with Gasteiger partial charge in [-0.25, -0.2) is 0 Å². The van der Waals surface area contributed by atoms with Gasteiger partial charge in [0, 0.05) is 29.9 Å². The predicted molar refractivity (Wildman–Crippen MR) is 119 cm³/mol. The first-order valence-corrected chi connectivity index (χ1v) is 9.97. The predicted octanol–water partition coefficient (Wildman–Crippen LogP) is 5.55. The Morgan fingerprint density at radius 2 is 1.25 bits per heavy atom. The summed E-state index contributed by atoms with van der Waals surface area (Å²) in [5.74, 6) is 0. The van der Waals surface area contributed by atoms with Crippen molar-refractivity contribution in [1.29, 1.82) is 0 Å². The van der Waals surface area contributed by atoms with Gasteiger partial charge in [-0.2, -0.15) is 5.10 Å². The van der Waals surface area contributed by atoms with Crippen LogP contribution in [0.1, 0.15) is 36.0 Å². The first kappa shape index (κ1) is 18.2. The third-order valence-electron chi connectivity index (χ3n) is 5.07. The number of anilines is 1. The lowest BCUT2D eigenvalue weighted by Gasteiger charge is -2.28. The Morgan fingerprint density at radius 3 is 1.82 bits per heavy atom. The molecule has 3 heteroatoms. The Labute approximate surface area is 167 Å². The Balaban J connectivity index is 1.54. The van der Waals surface area contributed by atoms with Crippen LogP contribution in [-0.4, -0.2) is 25.0 Å². The van der Waals surface area contributed by atoms with E-state index in [9.17, 15) is 0 Å². The maximum atomic E-state index is 4.55. The summed E-state index contributed by atoms with van der Waals surface area (Å²) in [6, 6.07) is 29.0. The van der Waals surface area contributed by atoms with E-state index in [0.717, 1.165) is 35.5 Å². The van der Waals surface area contributed by atoms with Crippen molar-refractivity contribution in [2.45, 2.75) is 19.3 Å². The van der Waals surface area contributed by atoms with Gasteiger partial charge in [0.25, 0.3) is 0 Å². The van der Waals surface area contributed by atoms with Crippen molar-refractivity contribution in [2.75, 3.05) is 18.0 Å². The van der Waals surface area contributed by atoms with Gasteiger partial charge in [-0.05, 0) is 37.0 Å². The molecule has 3 nitrogen and oxygen atoms in total. The molecule has 1 heterocycles. The van der Waals surface area contributed by atoms with Crippen molar-refractivity contribution in [1.82, 2.24) is 0 Å². The van der Waals surface area contributed by atoms with Gasteiger partial charge in [0.1, 0.15) is 5.71 Å². The largest absolute Gasteiger partial charge is 0.372 e. The summed E-state index contributed by atoms with van der Waals surface area (Å²) in [7, 11) is 0. The van der Waals surface area contributed by atoms with Crippen molar-refractivity contribution in [3.8, 4) is 0 Å². The Morgan fingerprint density at radius 1 is 0.679 bits per heavy atom. The van der Waals surface area contributed by atoms with Crippen LogP contribution < -0.4 is 4.90 Å². The molecule has 3 aromatic rings. The first-order chi connectivity index (χ1) is 13.9. The summed E-state index contributed by atoms with van der Waals surface area (Å²) in [5, 5.41) is 8.93. The topological polar surface area (TPSA) is 28.0 Å². The Kier molecular flexibility index (Phi) is 5.93. The highest BCUT2D eigenvalue weighted by molar-refractivity contribution is 6.12. The van der Waals surface area contributed by atoms with Gasteiger partial charge in [-0.15, -0.1) is 5.10 Å². The highest BCUT2D eigenvalue weighted by Gasteiger charge is 2.10. The van der Waals surface area contributed by atoms with E-state index in [1.54, 1.807) is 0 Å². The summed E-state index contributed by atoms with van der Waals surface area (Å²) >= 11 is 0. The molecule has 0 atom stereocenters. The van der Waals surface area contributed by atoms with Gasteiger partial charge in [-0.3, -0.25) is 0 Å². The van der Waals surface area contributed by atoms with Crippen molar-refractivity contribution >= 4 is 17.6 Å². The van der Waals surface area contributed by atoms with Crippen LogP contribution >= 0.6 is 0 Å². The normalized spacial score (nSPS) is 14.2. The third kappa shape index (κ3) is 4.55. The molecule has 1 aliphatic rings. The van der Waals surface area contributed by atoms with Gasteiger partial charge >= 0.3 is 0 Å². The fourth-order valence-electron chi connectivity index (χ4n) is 3.55. The number of benzene rings is 3.